The zero-order chi connectivity index (χ0) is 24.5. The number of hydrogen-bond acceptors (Lipinski definition) is 5. The monoisotopic (exact) mass is 460 g/mol. The summed E-state index contributed by atoms with van der Waals surface area (Å²) in [5.74, 6) is -7.75. The Balaban J connectivity index is 2.05. The molecule has 1 atom stereocenters. The molecule has 0 fully saturated rings. The third kappa shape index (κ3) is 4.94. The maximum atomic E-state index is 15.3. The van der Waals surface area contributed by atoms with Crippen molar-refractivity contribution < 1.29 is 17.6 Å². The highest BCUT2D eigenvalue weighted by molar-refractivity contribution is 6.02. The van der Waals surface area contributed by atoms with Crippen LogP contribution < -0.4 is 5.49 Å². The third-order valence-electron chi connectivity index (χ3n) is 5.02. The molecule has 1 aliphatic heterocycles. The fraction of sp³-hybridized carbons (Fsp3) is 0.304. The molecular weight excluding hydrogens is 436 g/mol. The van der Waals surface area contributed by atoms with E-state index in [4.69, 9.17) is 10.8 Å². The molecule has 0 amide bonds. The Labute approximate surface area is 188 Å². The zero-order valence-electron chi connectivity index (χ0n) is 18.6. The highest BCUT2D eigenvalue weighted by atomic mass is 19.3. The second-order valence-electron chi connectivity index (χ2n) is 7.98. The first-order valence-electron chi connectivity index (χ1n) is 10.1. The molecule has 6 nitrogen and oxygen atoms in total. The molecule has 33 heavy (non-hydrogen) atoms. The van der Waals surface area contributed by atoms with E-state index < -0.39 is 40.4 Å². The number of rotatable bonds is 5. The summed E-state index contributed by atoms with van der Waals surface area (Å²) < 4.78 is 59.6. The van der Waals surface area contributed by atoms with Gasteiger partial charge in [0.1, 0.15) is 17.1 Å². The lowest BCUT2D eigenvalue weighted by Gasteiger charge is -2.24. The van der Waals surface area contributed by atoms with Gasteiger partial charge in [0.05, 0.1) is 17.0 Å². The Morgan fingerprint density at radius 2 is 1.94 bits per heavy atom. The van der Waals surface area contributed by atoms with Crippen molar-refractivity contribution in [2.45, 2.75) is 26.7 Å². The highest BCUT2D eigenvalue weighted by Crippen LogP contribution is 2.37. The number of hydrazone groups is 1. The van der Waals surface area contributed by atoms with E-state index in [9.17, 15) is 8.78 Å². The van der Waals surface area contributed by atoms with Crippen molar-refractivity contribution in [1.82, 2.24) is 14.8 Å². The Morgan fingerprint density at radius 1 is 1.24 bits per heavy atom. The molecule has 3 rings (SSSR count). The van der Waals surface area contributed by atoms with Crippen LogP contribution in [0.25, 0.3) is 5.57 Å². The number of allylic oxidation sites excluding steroid dienone is 9. The summed E-state index contributed by atoms with van der Waals surface area (Å²) in [5.41, 5.74) is 0.00414. The Kier molecular flexibility index (Phi) is 6.66. The van der Waals surface area contributed by atoms with Gasteiger partial charge in [-0.25, -0.2) is 8.78 Å². The summed E-state index contributed by atoms with van der Waals surface area (Å²) in [4.78, 5) is 0. The predicted molar refractivity (Wildman–Crippen MR) is 119 cm³/mol. The topological polar surface area (TPSA) is 81.1 Å². The van der Waals surface area contributed by atoms with Crippen molar-refractivity contribution in [1.29, 1.82) is 10.8 Å². The molecule has 10 heteroatoms. The average Bonchev–Trinajstić information content (AvgIpc) is 3.10. The lowest BCUT2D eigenvalue weighted by molar-refractivity contribution is 0.111. The predicted octanol–water partition coefficient (Wildman–Crippen LogP) is 4.76. The van der Waals surface area contributed by atoms with Crippen LogP contribution in [0.5, 0.6) is 0 Å². The largest absolute Gasteiger partial charge is 0.333 e. The first-order chi connectivity index (χ1) is 15.4. The molecule has 0 saturated heterocycles. The lowest BCUT2D eigenvalue weighted by atomic mass is 9.90. The van der Waals surface area contributed by atoms with Crippen LogP contribution in [0.15, 0.2) is 70.4 Å². The van der Waals surface area contributed by atoms with Gasteiger partial charge in [-0.05, 0) is 45.1 Å². The average molecular weight is 460 g/mol. The molecule has 2 heterocycles. The molecule has 0 radical (unpaired) electrons. The molecule has 2 aliphatic rings. The minimum atomic E-state index is -4.08. The maximum absolute atomic E-state index is 15.3. The summed E-state index contributed by atoms with van der Waals surface area (Å²) in [7, 11) is 1.65. The van der Waals surface area contributed by atoms with Crippen LogP contribution in [0.3, 0.4) is 0 Å². The van der Waals surface area contributed by atoms with Crippen molar-refractivity contribution in [3.05, 3.63) is 76.5 Å². The van der Waals surface area contributed by atoms with E-state index in [1.165, 1.54) is 36.2 Å². The third-order valence-corrected chi connectivity index (χ3v) is 5.02. The van der Waals surface area contributed by atoms with E-state index in [0.29, 0.717) is 16.9 Å². The molecule has 2 N–H and O–H groups in total. The molecule has 0 aromatic carbocycles. The molecule has 0 bridgehead atoms. The van der Waals surface area contributed by atoms with Gasteiger partial charge < -0.3 is 0 Å². The molecule has 1 aromatic heterocycles. The minimum Gasteiger partial charge on any atom is -0.299 e. The smallest absolute Gasteiger partial charge is 0.299 e. The number of nitrogens with one attached hydrogen (secondary N) is 2. The van der Waals surface area contributed by atoms with Crippen LogP contribution in [0.1, 0.15) is 26.5 Å². The van der Waals surface area contributed by atoms with Crippen molar-refractivity contribution in [3.8, 4) is 0 Å². The molecule has 0 saturated carbocycles. The van der Waals surface area contributed by atoms with E-state index >= 15 is 8.78 Å². The van der Waals surface area contributed by atoms with Crippen LogP contribution in [-0.2, 0) is 0 Å². The number of aromatic nitrogens is 2. The molecule has 0 spiro atoms. The molecule has 174 valence electrons. The summed E-state index contributed by atoms with van der Waals surface area (Å²) >= 11 is 0. The Bertz CT molecular complexity index is 1230. The summed E-state index contributed by atoms with van der Waals surface area (Å²) in [6.45, 7) is 5.35. The fourth-order valence-electron chi connectivity index (χ4n) is 3.45. The van der Waals surface area contributed by atoms with Gasteiger partial charge in [0.2, 0.25) is 0 Å². The van der Waals surface area contributed by atoms with E-state index in [0.717, 1.165) is 17.7 Å². The van der Waals surface area contributed by atoms with E-state index in [1.807, 2.05) is 0 Å². The second-order valence-corrected chi connectivity index (χ2v) is 7.98. The van der Waals surface area contributed by atoms with E-state index in [-0.39, 0.29) is 11.3 Å². The Morgan fingerprint density at radius 3 is 2.58 bits per heavy atom. The van der Waals surface area contributed by atoms with Crippen LogP contribution in [0.4, 0.5) is 17.6 Å². The van der Waals surface area contributed by atoms with Crippen LogP contribution in [0.2, 0.25) is 0 Å². The second kappa shape index (κ2) is 9.13. The van der Waals surface area contributed by atoms with Crippen LogP contribution in [-0.4, -0.2) is 45.9 Å². The minimum absolute atomic E-state index is 0.0743. The van der Waals surface area contributed by atoms with Gasteiger partial charge in [-0.2, -0.15) is 23.7 Å². The van der Waals surface area contributed by atoms with Crippen molar-refractivity contribution in [2.75, 3.05) is 13.6 Å². The summed E-state index contributed by atoms with van der Waals surface area (Å²) in [5, 5.41) is 25.7. The Hall–Kier alpha value is -3.56. The van der Waals surface area contributed by atoms with Crippen LogP contribution >= 0.6 is 0 Å². The molecule has 1 unspecified atom stereocenters. The van der Waals surface area contributed by atoms with Crippen molar-refractivity contribution in [3.63, 3.8) is 0 Å². The molecule has 1 aliphatic carbocycles. The van der Waals surface area contributed by atoms with Gasteiger partial charge >= 0.3 is 5.92 Å². The number of hydrogen-bond donors (Lipinski definition) is 2. The molecular formula is C23H24F4N6. The standard InChI is InChI=1S/C23H24F4N6/c1-5-16(24)9-14(8-13(2)3)19-6-7-21(28)33(31-19)22(29)23(26,27)17-10-15-12-32(4)30-20(15)11-18(17)25/h5-11,15,28-29H,12H2,1-4H3/b14-9+,16-5+,28-21?,29-22?. The van der Waals surface area contributed by atoms with Gasteiger partial charge in [-0.3, -0.25) is 15.8 Å². The maximum Gasteiger partial charge on any atom is 0.333 e. The fourth-order valence-corrected chi connectivity index (χ4v) is 3.45. The summed E-state index contributed by atoms with van der Waals surface area (Å²) in [6, 6.07) is 2.54. The summed E-state index contributed by atoms with van der Waals surface area (Å²) in [6.07, 6.45) is 6.01. The van der Waals surface area contributed by atoms with E-state index in [1.54, 1.807) is 27.0 Å². The zero-order valence-corrected chi connectivity index (χ0v) is 18.6. The van der Waals surface area contributed by atoms with Gasteiger partial charge in [0.25, 0.3) is 0 Å². The van der Waals surface area contributed by atoms with Crippen molar-refractivity contribution in [2.24, 2.45) is 11.0 Å². The van der Waals surface area contributed by atoms with Gasteiger partial charge in [-0.1, -0.05) is 23.8 Å². The number of alkyl halides is 2. The normalized spacial score (nSPS) is 19.0. The lowest BCUT2D eigenvalue weighted by Crippen LogP contribution is -2.43. The van der Waals surface area contributed by atoms with E-state index in [2.05, 4.69) is 10.2 Å². The molecule has 1 aromatic rings. The highest BCUT2D eigenvalue weighted by Gasteiger charge is 2.46. The van der Waals surface area contributed by atoms with Gasteiger partial charge in [-0.15, -0.1) is 0 Å². The van der Waals surface area contributed by atoms with Gasteiger partial charge in [0, 0.05) is 25.1 Å². The number of halogens is 4. The first kappa shape index (κ1) is 24.1. The SMILES string of the molecule is C/C=C(F)\C=C(/C=C(C)C)c1ccc(=N)n(C(=N)C(F)(F)C2=CC3CN(C)N=C3C=C2F)n1. The number of nitrogens with zero attached hydrogens (tertiary/aromatic N) is 4. The van der Waals surface area contributed by atoms with Crippen LogP contribution in [0, 0.1) is 16.7 Å². The van der Waals surface area contributed by atoms with Gasteiger partial charge in [0.15, 0.2) is 5.84 Å². The quantitative estimate of drug-likeness (QED) is 0.288. The first-order valence-corrected chi connectivity index (χ1v) is 10.1. The van der Waals surface area contributed by atoms with Crippen molar-refractivity contribution >= 4 is 17.1 Å². The number of fused-ring (bicyclic) bond motifs is 1.